The van der Waals surface area contributed by atoms with Crippen LogP contribution in [0.3, 0.4) is 0 Å². The predicted molar refractivity (Wildman–Crippen MR) is 81.1 cm³/mol. The lowest BCUT2D eigenvalue weighted by Gasteiger charge is -2.27. The quantitative estimate of drug-likeness (QED) is 0.859. The number of carbonyl (C=O) groups is 1. The van der Waals surface area contributed by atoms with Crippen molar-refractivity contribution in [2.75, 3.05) is 0 Å². The summed E-state index contributed by atoms with van der Waals surface area (Å²) in [5.74, 6) is 1.31. The number of nitrogens with one attached hydrogen (secondary N) is 1. The Kier molecular flexibility index (Phi) is 6.03. The van der Waals surface area contributed by atoms with Crippen LogP contribution in [0.4, 0.5) is 0 Å². The fourth-order valence-electron chi connectivity index (χ4n) is 3.04. The number of nitrogens with zero attached hydrogens (tertiary/aromatic N) is 1. The largest absolute Gasteiger partial charge is 0.352 e. The topological polar surface area (TPSA) is 42.0 Å². The highest BCUT2D eigenvalue weighted by molar-refractivity contribution is 5.78. The molecule has 0 saturated heterocycles. The number of hydrogen-bond donors (Lipinski definition) is 1. The number of hydrogen-bond acceptors (Lipinski definition) is 2. The first-order chi connectivity index (χ1) is 9.79. The molecule has 3 nitrogen and oxygen atoms in total. The first-order valence-corrected chi connectivity index (χ1v) is 7.96. The van der Waals surface area contributed by atoms with Crippen LogP contribution in [0, 0.1) is 11.8 Å². The van der Waals surface area contributed by atoms with Gasteiger partial charge in [0.25, 0.3) is 0 Å². The number of carbonyl (C=O) groups excluding carboxylic acids is 1. The predicted octanol–water partition coefficient (Wildman–Crippen LogP) is 3.69. The fraction of sp³-hybridized carbons (Fsp3) is 0.647. The van der Waals surface area contributed by atoms with E-state index in [1.807, 2.05) is 18.3 Å². The van der Waals surface area contributed by atoms with E-state index in [-0.39, 0.29) is 11.8 Å². The second-order valence-electron chi connectivity index (χ2n) is 5.94. The molecular formula is C17H26N2O. The maximum atomic E-state index is 12.2. The summed E-state index contributed by atoms with van der Waals surface area (Å²) in [6.07, 6.45) is 12.1. The summed E-state index contributed by atoms with van der Waals surface area (Å²) >= 11 is 0. The summed E-state index contributed by atoms with van der Waals surface area (Å²) in [6, 6.07) is 3.90. The highest BCUT2D eigenvalue weighted by atomic mass is 16.1. The number of pyridine rings is 1. The fourth-order valence-corrected chi connectivity index (χ4v) is 3.04. The molecule has 20 heavy (non-hydrogen) atoms. The minimum Gasteiger partial charge on any atom is -0.352 e. The van der Waals surface area contributed by atoms with Gasteiger partial charge in [-0.25, -0.2) is 0 Å². The molecule has 1 amide bonds. The van der Waals surface area contributed by atoms with Crippen molar-refractivity contribution >= 4 is 5.91 Å². The smallest absolute Gasteiger partial charge is 0.223 e. The van der Waals surface area contributed by atoms with Gasteiger partial charge >= 0.3 is 0 Å². The minimum absolute atomic E-state index is 0.225. The second kappa shape index (κ2) is 8.03. The van der Waals surface area contributed by atoms with Crippen molar-refractivity contribution in [2.24, 2.45) is 11.8 Å². The van der Waals surface area contributed by atoms with Gasteiger partial charge in [0.2, 0.25) is 5.91 Å². The van der Waals surface area contributed by atoms with Gasteiger partial charge in [-0.2, -0.15) is 0 Å². The van der Waals surface area contributed by atoms with Gasteiger partial charge in [-0.15, -0.1) is 0 Å². The van der Waals surface area contributed by atoms with Crippen LogP contribution in [0.2, 0.25) is 0 Å². The molecule has 1 aromatic rings. The average Bonchev–Trinajstić information content (AvgIpc) is 2.52. The molecule has 0 bridgehead atoms. The minimum atomic E-state index is 0.225. The molecule has 1 N–H and O–H groups in total. The Morgan fingerprint density at radius 3 is 2.80 bits per heavy atom. The van der Waals surface area contributed by atoms with Crippen molar-refractivity contribution in [1.29, 1.82) is 0 Å². The zero-order valence-corrected chi connectivity index (χ0v) is 12.5. The summed E-state index contributed by atoms with van der Waals surface area (Å²) in [7, 11) is 0. The van der Waals surface area contributed by atoms with Gasteiger partial charge < -0.3 is 5.32 Å². The van der Waals surface area contributed by atoms with Crippen molar-refractivity contribution in [1.82, 2.24) is 10.3 Å². The number of amides is 1. The zero-order chi connectivity index (χ0) is 14.2. The van der Waals surface area contributed by atoms with Crippen molar-refractivity contribution in [2.45, 2.75) is 58.4 Å². The van der Waals surface area contributed by atoms with Crippen LogP contribution in [0.1, 0.15) is 57.4 Å². The maximum absolute atomic E-state index is 12.2. The van der Waals surface area contributed by atoms with E-state index in [4.69, 9.17) is 0 Å². The third-order valence-electron chi connectivity index (χ3n) is 4.37. The van der Waals surface area contributed by atoms with Crippen LogP contribution < -0.4 is 5.32 Å². The van der Waals surface area contributed by atoms with E-state index in [0.717, 1.165) is 24.3 Å². The number of unbranched alkanes of at least 4 members (excludes halogenated alkanes) is 1. The molecule has 0 unspecified atom stereocenters. The molecule has 2 rings (SSSR count). The summed E-state index contributed by atoms with van der Waals surface area (Å²) in [5, 5.41) is 3.05. The molecule has 0 aromatic carbocycles. The molecule has 0 radical (unpaired) electrons. The molecular weight excluding hydrogens is 248 g/mol. The SMILES string of the molecule is CCCCC1CCC(C(=O)NCc2cccnc2)CC1. The lowest BCUT2D eigenvalue weighted by atomic mass is 9.79. The molecule has 0 spiro atoms. The van der Waals surface area contributed by atoms with Crippen LogP contribution >= 0.6 is 0 Å². The second-order valence-corrected chi connectivity index (χ2v) is 5.94. The van der Waals surface area contributed by atoms with Gasteiger partial charge in [0.05, 0.1) is 0 Å². The van der Waals surface area contributed by atoms with Crippen LogP contribution in [-0.4, -0.2) is 10.9 Å². The first-order valence-electron chi connectivity index (χ1n) is 7.96. The Labute approximate surface area is 122 Å². The summed E-state index contributed by atoms with van der Waals surface area (Å²) in [6.45, 7) is 2.85. The molecule has 0 aliphatic heterocycles. The van der Waals surface area contributed by atoms with Gasteiger partial charge in [0.1, 0.15) is 0 Å². The van der Waals surface area contributed by atoms with Crippen molar-refractivity contribution in [3.63, 3.8) is 0 Å². The lowest BCUT2D eigenvalue weighted by Crippen LogP contribution is -2.32. The van der Waals surface area contributed by atoms with Crippen LogP contribution in [0.25, 0.3) is 0 Å². The van der Waals surface area contributed by atoms with Crippen LogP contribution in [0.5, 0.6) is 0 Å². The van der Waals surface area contributed by atoms with Crippen molar-refractivity contribution in [3.8, 4) is 0 Å². The van der Waals surface area contributed by atoms with E-state index < -0.39 is 0 Å². The average molecular weight is 274 g/mol. The molecule has 110 valence electrons. The van der Waals surface area contributed by atoms with E-state index in [9.17, 15) is 4.79 Å². The van der Waals surface area contributed by atoms with E-state index in [1.165, 1.54) is 32.1 Å². The highest BCUT2D eigenvalue weighted by Crippen LogP contribution is 2.31. The molecule has 0 atom stereocenters. The Hall–Kier alpha value is -1.38. The Balaban J connectivity index is 1.69. The van der Waals surface area contributed by atoms with Gasteiger partial charge in [0.15, 0.2) is 0 Å². The number of rotatable bonds is 6. The molecule has 1 aromatic heterocycles. The monoisotopic (exact) mass is 274 g/mol. The molecule has 1 aliphatic rings. The van der Waals surface area contributed by atoms with E-state index in [0.29, 0.717) is 6.54 Å². The maximum Gasteiger partial charge on any atom is 0.223 e. The summed E-state index contributed by atoms with van der Waals surface area (Å²) in [5.41, 5.74) is 1.07. The van der Waals surface area contributed by atoms with Gasteiger partial charge in [-0.3, -0.25) is 9.78 Å². The van der Waals surface area contributed by atoms with Gasteiger partial charge in [0, 0.05) is 24.9 Å². The van der Waals surface area contributed by atoms with Crippen molar-refractivity contribution in [3.05, 3.63) is 30.1 Å². The lowest BCUT2D eigenvalue weighted by molar-refractivity contribution is -0.126. The Morgan fingerprint density at radius 1 is 1.35 bits per heavy atom. The van der Waals surface area contributed by atoms with Gasteiger partial charge in [-0.1, -0.05) is 32.3 Å². The summed E-state index contributed by atoms with van der Waals surface area (Å²) < 4.78 is 0. The molecule has 1 saturated carbocycles. The van der Waals surface area contributed by atoms with Crippen LogP contribution in [-0.2, 0) is 11.3 Å². The third-order valence-corrected chi connectivity index (χ3v) is 4.37. The Bertz CT molecular complexity index is 397. The van der Waals surface area contributed by atoms with Gasteiger partial charge in [-0.05, 0) is 43.2 Å². The summed E-state index contributed by atoms with van der Waals surface area (Å²) in [4.78, 5) is 16.2. The Morgan fingerprint density at radius 2 is 2.15 bits per heavy atom. The molecule has 1 heterocycles. The normalized spacial score (nSPS) is 22.4. The van der Waals surface area contributed by atoms with Crippen molar-refractivity contribution < 1.29 is 4.79 Å². The van der Waals surface area contributed by atoms with Crippen LogP contribution in [0.15, 0.2) is 24.5 Å². The molecule has 1 fully saturated rings. The van der Waals surface area contributed by atoms with E-state index >= 15 is 0 Å². The van der Waals surface area contributed by atoms with E-state index in [1.54, 1.807) is 6.20 Å². The number of aromatic nitrogens is 1. The third kappa shape index (κ3) is 4.62. The van der Waals surface area contributed by atoms with E-state index in [2.05, 4.69) is 17.2 Å². The first kappa shape index (κ1) is 15.0. The standard InChI is InChI=1S/C17H26N2O/c1-2-3-5-14-7-9-16(10-8-14)17(20)19-13-15-6-4-11-18-12-15/h4,6,11-12,14,16H,2-3,5,7-10,13H2,1H3,(H,19,20). The highest BCUT2D eigenvalue weighted by Gasteiger charge is 2.25. The molecule has 1 aliphatic carbocycles. The molecule has 3 heteroatoms. The zero-order valence-electron chi connectivity index (χ0n) is 12.5.